The summed E-state index contributed by atoms with van der Waals surface area (Å²) in [4.78, 5) is 13.3. The van der Waals surface area contributed by atoms with E-state index in [1.54, 1.807) is 12.1 Å². The summed E-state index contributed by atoms with van der Waals surface area (Å²) in [5.74, 6) is -0.898. The summed E-state index contributed by atoms with van der Waals surface area (Å²) in [6.45, 7) is 2.59. The molecule has 2 aromatic carbocycles. The van der Waals surface area contributed by atoms with Gasteiger partial charge in [0.1, 0.15) is 0 Å². The average Bonchev–Trinajstić information content (AvgIpc) is 2.38. The molecule has 104 valence electrons. The minimum Gasteiger partial charge on any atom is -0.478 e. The van der Waals surface area contributed by atoms with Crippen LogP contribution in [0.4, 0.5) is 5.69 Å². The zero-order chi connectivity index (χ0) is 14.7. The van der Waals surface area contributed by atoms with E-state index in [4.69, 9.17) is 0 Å². The van der Waals surface area contributed by atoms with Crippen molar-refractivity contribution in [3.63, 3.8) is 0 Å². The molecule has 2 aromatic rings. The van der Waals surface area contributed by atoms with Crippen molar-refractivity contribution in [2.45, 2.75) is 13.5 Å². The second kappa shape index (κ2) is 6.09. The Morgan fingerprint density at radius 1 is 1.25 bits per heavy atom. The van der Waals surface area contributed by atoms with Gasteiger partial charge in [0.05, 0.1) is 11.3 Å². The number of carbonyl (C=O) groups is 1. The first-order valence-corrected chi connectivity index (χ1v) is 7.07. The Kier molecular flexibility index (Phi) is 4.45. The Hall–Kier alpha value is -1.81. The molecular weight excluding hydrogens is 318 g/mol. The van der Waals surface area contributed by atoms with Gasteiger partial charge in [-0.05, 0) is 36.2 Å². The molecule has 0 aliphatic heterocycles. The maximum absolute atomic E-state index is 11.4. The summed E-state index contributed by atoms with van der Waals surface area (Å²) in [5, 5.41) is 9.32. The van der Waals surface area contributed by atoms with Gasteiger partial charge in [-0.1, -0.05) is 40.2 Å². The molecule has 0 spiro atoms. The molecule has 0 heterocycles. The number of aryl methyl sites for hydroxylation is 1. The first-order chi connectivity index (χ1) is 9.49. The van der Waals surface area contributed by atoms with E-state index in [1.807, 2.05) is 49.2 Å². The number of rotatable bonds is 4. The second-order valence-electron chi connectivity index (χ2n) is 4.76. The number of hydrogen-bond donors (Lipinski definition) is 1. The standard InChI is InChI=1S/C16H16BrNO2/c1-11-5-3-8-14(16(19)20)15(11)18(2)10-12-6-4-7-13(17)9-12/h3-9H,10H2,1-2H3,(H,19,20). The predicted octanol–water partition coefficient (Wildman–Crippen LogP) is 4.09. The van der Waals surface area contributed by atoms with Gasteiger partial charge in [0.15, 0.2) is 0 Å². The molecule has 0 saturated heterocycles. The zero-order valence-electron chi connectivity index (χ0n) is 11.4. The third-order valence-corrected chi connectivity index (χ3v) is 3.65. The van der Waals surface area contributed by atoms with Gasteiger partial charge in [-0.25, -0.2) is 4.79 Å². The van der Waals surface area contributed by atoms with Crippen molar-refractivity contribution in [2.75, 3.05) is 11.9 Å². The smallest absolute Gasteiger partial charge is 0.337 e. The summed E-state index contributed by atoms with van der Waals surface area (Å²) < 4.78 is 1.02. The Labute approximate surface area is 127 Å². The van der Waals surface area contributed by atoms with Crippen LogP contribution in [0.15, 0.2) is 46.9 Å². The van der Waals surface area contributed by atoms with Crippen LogP contribution < -0.4 is 4.90 Å². The van der Waals surface area contributed by atoms with Crippen LogP contribution in [0.2, 0.25) is 0 Å². The molecule has 2 rings (SSSR count). The van der Waals surface area contributed by atoms with Crippen LogP contribution in [0.25, 0.3) is 0 Å². The molecule has 0 atom stereocenters. The van der Waals surface area contributed by atoms with E-state index in [1.165, 1.54) is 0 Å². The summed E-state index contributed by atoms with van der Waals surface area (Å²) in [6.07, 6.45) is 0. The van der Waals surface area contributed by atoms with Crippen LogP contribution in [0.5, 0.6) is 0 Å². The molecule has 0 amide bonds. The van der Waals surface area contributed by atoms with Crippen LogP contribution in [0, 0.1) is 6.92 Å². The fourth-order valence-corrected chi connectivity index (χ4v) is 2.77. The van der Waals surface area contributed by atoms with E-state index >= 15 is 0 Å². The maximum atomic E-state index is 11.4. The minimum absolute atomic E-state index is 0.336. The van der Waals surface area contributed by atoms with E-state index in [0.29, 0.717) is 12.1 Å². The number of aromatic carboxylic acids is 1. The number of anilines is 1. The van der Waals surface area contributed by atoms with E-state index < -0.39 is 5.97 Å². The van der Waals surface area contributed by atoms with Crippen molar-refractivity contribution in [3.05, 3.63) is 63.6 Å². The molecular formula is C16H16BrNO2. The van der Waals surface area contributed by atoms with Gasteiger partial charge in [0, 0.05) is 18.1 Å². The number of halogens is 1. The van der Waals surface area contributed by atoms with E-state index in [0.717, 1.165) is 21.3 Å². The van der Waals surface area contributed by atoms with E-state index in [-0.39, 0.29) is 0 Å². The van der Waals surface area contributed by atoms with Gasteiger partial charge in [0.2, 0.25) is 0 Å². The number of para-hydroxylation sites is 1. The molecule has 0 aromatic heterocycles. The highest BCUT2D eigenvalue weighted by Gasteiger charge is 2.15. The molecule has 0 bridgehead atoms. The van der Waals surface area contributed by atoms with Crippen molar-refractivity contribution in [3.8, 4) is 0 Å². The van der Waals surface area contributed by atoms with Gasteiger partial charge < -0.3 is 10.0 Å². The van der Waals surface area contributed by atoms with Crippen LogP contribution in [-0.2, 0) is 6.54 Å². The molecule has 1 N–H and O–H groups in total. The number of carboxylic acids is 1. The first kappa shape index (κ1) is 14.6. The maximum Gasteiger partial charge on any atom is 0.337 e. The lowest BCUT2D eigenvalue weighted by Gasteiger charge is -2.23. The molecule has 3 nitrogen and oxygen atoms in total. The fraction of sp³-hybridized carbons (Fsp3) is 0.188. The third kappa shape index (κ3) is 3.20. The molecule has 0 fully saturated rings. The first-order valence-electron chi connectivity index (χ1n) is 6.27. The molecule has 4 heteroatoms. The van der Waals surface area contributed by atoms with Crippen molar-refractivity contribution in [1.29, 1.82) is 0 Å². The SMILES string of the molecule is Cc1cccc(C(=O)O)c1N(C)Cc1cccc(Br)c1. The van der Waals surface area contributed by atoms with E-state index in [9.17, 15) is 9.90 Å². The topological polar surface area (TPSA) is 40.5 Å². The highest BCUT2D eigenvalue weighted by Crippen LogP contribution is 2.26. The third-order valence-electron chi connectivity index (χ3n) is 3.16. The minimum atomic E-state index is -0.898. The summed E-state index contributed by atoms with van der Waals surface area (Å²) in [6, 6.07) is 13.4. The predicted molar refractivity (Wildman–Crippen MR) is 84.4 cm³/mol. The lowest BCUT2D eigenvalue weighted by atomic mass is 10.1. The fourth-order valence-electron chi connectivity index (χ4n) is 2.33. The van der Waals surface area contributed by atoms with Gasteiger partial charge in [-0.3, -0.25) is 0 Å². The highest BCUT2D eigenvalue weighted by molar-refractivity contribution is 9.10. The number of benzene rings is 2. The molecule has 20 heavy (non-hydrogen) atoms. The summed E-state index contributed by atoms with van der Waals surface area (Å²) in [5.41, 5.74) is 3.19. The van der Waals surface area contributed by atoms with E-state index in [2.05, 4.69) is 15.9 Å². The van der Waals surface area contributed by atoms with Crippen LogP contribution >= 0.6 is 15.9 Å². The lowest BCUT2D eigenvalue weighted by molar-refractivity contribution is 0.0697. The number of carboxylic acid groups (broad SMARTS) is 1. The van der Waals surface area contributed by atoms with Gasteiger partial charge in [-0.2, -0.15) is 0 Å². The summed E-state index contributed by atoms with van der Waals surface area (Å²) >= 11 is 3.45. The van der Waals surface area contributed by atoms with Crippen LogP contribution in [-0.4, -0.2) is 18.1 Å². The molecule has 0 unspecified atom stereocenters. The van der Waals surface area contributed by atoms with Crippen LogP contribution in [0.3, 0.4) is 0 Å². The monoisotopic (exact) mass is 333 g/mol. The largest absolute Gasteiger partial charge is 0.478 e. The average molecular weight is 334 g/mol. The Morgan fingerprint density at radius 2 is 1.95 bits per heavy atom. The molecule has 0 radical (unpaired) electrons. The zero-order valence-corrected chi connectivity index (χ0v) is 13.0. The highest BCUT2D eigenvalue weighted by atomic mass is 79.9. The second-order valence-corrected chi connectivity index (χ2v) is 5.68. The molecule has 0 aliphatic carbocycles. The van der Waals surface area contributed by atoms with Gasteiger partial charge in [0.25, 0.3) is 0 Å². The Morgan fingerprint density at radius 3 is 2.60 bits per heavy atom. The summed E-state index contributed by atoms with van der Waals surface area (Å²) in [7, 11) is 1.91. The lowest BCUT2D eigenvalue weighted by Crippen LogP contribution is -2.20. The number of hydrogen-bond acceptors (Lipinski definition) is 2. The number of nitrogens with zero attached hydrogens (tertiary/aromatic N) is 1. The van der Waals surface area contributed by atoms with Crippen molar-refractivity contribution < 1.29 is 9.90 Å². The van der Waals surface area contributed by atoms with Crippen molar-refractivity contribution in [1.82, 2.24) is 0 Å². The van der Waals surface area contributed by atoms with Gasteiger partial charge >= 0.3 is 5.97 Å². The van der Waals surface area contributed by atoms with Crippen LogP contribution in [0.1, 0.15) is 21.5 Å². The Balaban J connectivity index is 2.34. The van der Waals surface area contributed by atoms with Crippen molar-refractivity contribution >= 4 is 27.6 Å². The Bertz CT molecular complexity index is 640. The van der Waals surface area contributed by atoms with Crippen molar-refractivity contribution in [2.24, 2.45) is 0 Å². The molecule has 0 saturated carbocycles. The molecule has 0 aliphatic rings. The van der Waals surface area contributed by atoms with Gasteiger partial charge in [-0.15, -0.1) is 0 Å². The quantitative estimate of drug-likeness (QED) is 0.915. The normalized spacial score (nSPS) is 10.3.